The van der Waals surface area contributed by atoms with Gasteiger partial charge in [-0.15, -0.1) is 0 Å². The highest BCUT2D eigenvalue weighted by molar-refractivity contribution is 6.42. The first-order valence-electron chi connectivity index (χ1n) is 39.0. The molecule has 0 saturated heterocycles. The quantitative estimate of drug-likeness (QED) is 0.0467. The molecule has 0 aliphatic carbocycles. The van der Waals surface area contributed by atoms with Gasteiger partial charge in [0.25, 0.3) is 0 Å². The number of alkyl halides is 3. The lowest BCUT2D eigenvalue weighted by Gasteiger charge is -2.20. The van der Waals surface area contributed by atoms with Crippen LogP contribution in [0.2, 0.25) is 20.1 Å². The number of rotatable bonds is 18. The van der Waals surface area contributed by atoms with Crippen LogP contribution in [-0.4, -0.2) is 59.8 Å². The number of hydrogen-bond acceptors (Lipinski definition) is 6. The highest BCUT2D eigenvalue weighted by Crippen LogP contribution is 2.43. The highest BCUT2D eigenvalue weighted by Gasteiger charge is 2.37. The Labute approximate surface area is 727 Å². The zero-order chi connectivity index (χ0) is 86.2. The fourth-order valence-corrected chi connectivity index (χ4v) is 15.6. The molecule has 0 amide bonds. The Balaban J connectivity index is 0.000000127. The Hall–Kier alpha value is -13.4. The topological polar surface area (TPSA) is 172 Å². The standard InChI is InChI=1S/C18H18N2.C17H15ClN2.C17H12F4N2.C16H12Cl2N2.C16H12ClFN2.C16H12F2N2/c1-13-7-6-10-16(14(13)2)18(17-11-19-12-20-17)15-8-4-3-5-9-15;1-12-14(8-5-9-15(12)18)17(16-10-19-11-20-16)13-6-3-2-4-7-13;18-16-12(7-4-8-13(16)17(19,20)21)15(14-9-22-10-23-14)11-5-2-1-3-6-11;3*17-13-8-4-7-12(16(13)18)15(14-9-19-10-20-14)11-5-2-1-3-6-11/h3-12,18H,1-2H3,(H,19,20);2-11,17H,1H3,(H,19,20);1-10,15H,(H,22,23);3*1-10,15H,(H,19,20). The Morgan fingerprint density at radius 3 is 0.846 bits per heavy atom. The third kappa shape index (κ3) is 21.7. The first-order valence-corrected chi connectivity index (χ1v) is 40.5. The van der Waals surface area contributed by atoms with Gasteiger partial charge in [-0.05, 0) is 118 Å². The lowest BCUT2D eigenvalue weighted by molar-refractivity contribution is -0.140. The first kappa shape index (κ1) is 87.4. The molecule has 0 radical (unpaired) electrons. The van der Waals surface area contributed by atoms with Crippen molar-refractivity contribution in [3.63, 3.8) is 0 Å². The maximum atomic E-state index is 14.5. The molecule has 6 heterocycles. The van der Waals surface area contributed by atoms with E-state index in [1.54, 1.807) is 98.4 Å². The summed E-state index contributed by atoms with van der Waals surface area (Å²) in [5.74, 6) is -4.35. The number of H-pyrrole nitrogens is 6. The van der Waals surface area contributed by atoms with Gasteiger partial charge in [-0.3, -0.25) is 0 Å². The Morgan fingerprint density at radius 1 is 0.252 bits per heavy atom. The van der Waals surface area contributed by atoms with Crippen LogP contribution in [0.4, 0.5) is 30.7 Å². The predicted molar refractivity (Wildman–Crippen MR) is 474 cm³/mol. The van der Waals surface area contributed by atoms with Crippen LogP contribution < -0.4 is 0 Å². The molecule has 18 rings (SSSR count). The van der Waals surface area contributed by atoms with Gasteiger partial charge in [0.2, 0.25) is 0 Å². The summed E-state index contributed by atoms with van der Waals surface area (Å²) in [6.45, 7) is 6.41. The molecule has 6 unspecified atom stereocenters. The number of aryl methyl sites for hydroxylation is 1. The van der Waals surface area contributed by atoms with Crippen LogP contribution in [0.15, 0.2) is 366 Å². The van der Waals surface area contributed by atoms with Crippen LogP contribution in [0.1, 0.15) is 159 Å². The van der Waals surface area contributed by atoms with Gasteiger partial charge in [0.15, 0.2) is 11.6 Å². The van der Waals surface area contributed by atoms with Gasteiger partial charge >= 0.3 is 6.18 Å². The molecule has 6 aromatic heterocycles. The summed E-state index contributed by atoms with van der Waals surface area (Å²) in [6.07, 6.45) is 15.3. The second-order valence-electron chi connectivity index (χ2n) is 28.5. The van der Waals surface area contributed by atoms with Gasteiger partial charge < -0.3 is 29.9 Å². The van der Waals surface area contributed by atoms with Crippen molar-refractivity contribution >= 4 is 46.4 Å². The van der Waals surface area contributed by atoms with E-state index in [2.05, 4.69) is 172 Å². The molecule has 12 aromatic carbocycles. The molecule has 123 heavy (non-hydrogen) atoms. The molecule has 6 N–H and O–H groups in total. The number of imidazole rings is 6. The van der Waals surface area contributed by atoms with Crippen LogP contribution in [0.5, 0.6) is 0 Å². The van der Waals surface area contributed by atoms with E-state index in [-0.39, 0.29) is 34.3 Å². The summed E-state index contributed by atoms with van der Waals surface area (Å²) in [4.78, 5) is 42.9. The molecule has 0 saturated carbocycles. The smallest absolute Gasteiger partial charge is 0.348 e. The minimum Gasteiger partial charge on any atom is -0.348 e. The summed E-state index contributed by atoms with van der Waals surface area (Å²) in [6, 6.07) is 89.9. The van der Waals surface area contributed by atoms with E-state index in [1.807, 2.05) is 128 Å². The molecule has 618 valence electrons. The van der Waals surface area contributed by atoms with Crippen molar-refractivity contribution in [3.05, 3.63) is 533 Å². The number of aromatic amines is 6. The van der Waals surface area contributed by atoms with Gasteiger partial charge in [-0.2, -0.15) is 13.2 Å². The van der Waals surface area contributed by atoms with E-state index in [9.17, 15) is 30.7 Å². The minimum absolute atomic E-state index is 0.00935. The molecular weight excluding hydrogens is 1640 g/mol. The van der Waals surface area contributed by atoms with Crippen LogP contribution >= 0.6 is 46.4 Å². The molecule has 0 aliphatic rings. The average Bonchev–Trinajstić information content (AvgIpc) is 1.42. The minimum atomic E-state index is -4.74. The van der Waals surface area contributed by atoms with Crippen molar-refractivity contribution in [1.82, 2.24) is 59.8 Å². The van der Waals surface area contributed by atoms with Crippen molar-refractivity contribution in [2.75, 3.05) is 0 Å². The van der Waals surface area contributed by atoms with Gasteiger partial charge in [0.1, 0.15) is 11.6 Å². The Morgan fingerprint density at radius 2 is 0.512 bits per heavy atom. The summed E-state index contributed by atoms with van der Waals surface area (Å²) >= 11 is 24.7. The van der Waals surface area contributed by atoms with Crippen molar-refractivity contribution in [1.29, 1.82) is 0 Å². The number of aromatic nitrogens is 12. The summed E-state index contributed by atoms with van der Waals surface area (Å²) in [7, 11) is 0. The molecule has 0 spiro atoms. The Bertz CT molecular complexity index is 5500. The Kier molecular flexibility index (Phi) is 30.0. The molecule has 12 nitrogen and oxygen atoms in total. The van der Waals surface area contributed by atoms with Crippen LogP contribution in [0.25, 0.3) is 0 Å². The van der Waals surface area contributed by atoms with E-state index in [4.69, 9.17) is 46.4 Å². The van der Waals surface area contributed by atoms with E-state index in [0.717, 1.165) is 73.4 Å². The highest BCUT2D eigenvalue weighted by atomic mass is 35.5. The molecule has 0 aliphatic heterocycles. The van der Waals surface area contributed by atoms with E-state index in [0.29, 0.717) is 32.4 Å². The van der Waals surface area contributed by atoms with Crippen LogP contribution in [-0.2, 0) is 6.18 Å². The van der Waals surface area contributed by atoms with E-state index >= 15 is 0 Å². The maximum absolute atomic E-state index is 14.5. The third-order valence-corrected chi connectivity index (χ3v) is 22.4. The molecule has 0 fully saturated rings. The van der Waals surface area contributed by atoms with Crippen molar-refractivity contribution in [3.8, 4) is 0 Å². The van der Waals surface area contributed by atoms with E-state index < -0.39 is 46.8 Å². The van der Waals surface area contributed by atoms with Gasteiger partial charge in [-0.25, -0.2) is 47.5 Å². The predicted octanol–water partition coefficient (Wildman–Crippen LogP) is 26.7. The van der Waals surface area contributed by atoms with Crippen LogP contribution in [0, 0.1) is 44.0 Å². The van der Waals surface area contributed by atoms with Crippen molar-refractivity contribution < 1.29 is 30.7 Å². The van der Waals surface area contributed by atoms with Gasteiger partial charge in [-0.1, -0.05) is 307 Å². The SMILES string of the molecule is Cc1c(Cl)cccc1C(c1ccccc1)c1cnc[nH]1.Cc1cccc(C(c2ccccc2)c2cnc[nH]2)c1C.Clc1cccc(C(c2ccccc2)c2cnc[nH]2)c1Cl.Fc1c(C(c2ccccc2)c2cnc[nH]2)cccc1C(F)(F)F.Fc1c(Cl)cccc1C(c1ccccc1)c1cnc[nH]1.Fc1cccc(C(c2ccccc2)c2cnc[nH]2)c1F. The molecular formula is C100H81Cl4F7N12. The zero-order valence-electron chi connectivity index (χ0n) is 66.4. The summed E-state index contributed by atoms with van der Waals surface area (Å²) in [5, 5.41) is 2.06. The molecule has 23 heteroatoms. The van der Waals surface area contributed by atoms with Crippen LogP contribution in [0.3, 0.4) is 0 Å². The number of halogens is 11. The van der Waals surface area contributed by atoms with Crippen molar-refractivity contribution in [2.45, 2.75) is 62.5 Å². The average molecular weight is 1730 g/mol. The largest absolute Gasteiger partial charge is 0.419 e. The number of nitrogens with zero attached hydrogens (tertiary/aromatic N) is 6. The lowest BCUT2D eigenvalue weighted by atomic mass is 9.85. The maximum Gasteiger partial charge on any atom is 0.419 e. The fourth-order valence-electron chi connectivity index (χ4n) is 14.8. The monoisotopic (exact) mass is 1720 g/mol. The second-order valence-corrected chi connectivity index (χ2v) is 30.1. The summed E-state index contributed by atoms with van der Waals surface area (Å²) in [5.41, 5.74) is 18.2. The number of benzene rings is 12. The molecule has 6 atom stereocenters. The van der Waals surface area contributed by atoms with Gasteiger partial charge in [0, 0.05) is 93.1 Å². The van der Waals surface area contributed by atoms with Gasteiger partial charge in [0.05, 0.1) is 94.1 Å². The zero-order valence-corrected chi connectivity index (χ0v) is 69.5. The second kappa shape index (κ2) is 42.2. The normalized spacial score (nSPS) is 12.4. The lowest BCUT2D eigenvalue weighted by Crippen LogP contribution is -2.13. The third-order valence-electron chi connectivity index (χ3n) is 20.9. The fraction of sp³-hybridized carbons (Fsp3) is 0.100. The first-order chi connectivity index (χ1) is 59.8. The van der Waals surface area contributed by atoms with E-state index in [1.165, 1.54) is 70.4 Å². The molecule has 0 bridgehead atoms. The van der Waals surface area contributed by atoms with Crippen molar-refractivity contribution in [2.24, 2.45) is 0 Å². The number of nitrogens with one attached hydrogen (secondary N) is 6. The summed E-state index contributed by atoms with van der Waals surface area (Å²) < 4.78 is 95.5. The molecule has 18 aromatic rings. The number of hydrogen-bond donors (Lipinski definition) is 6.